The van der Waals surface area contributed by atoms with E-state index in [4.69, 9.17) is 0 Å². The molecule has 0 spiro atoms. The zero-order valence-electron chi connectivity index (χ0n) is 15.7. The van der Waals surface area contributed by atoms with E-state index in [-0.39, 0.29) is 48.0 Å². The van der Waals surface area contributed by atoms with Crippen LogP contribution in [0.1, 0.15) is 17.8 Å². The first-order valence-corrected chi connectivity index (χ1v) is 8.96. The Hall–Kier alpha value is -1.28. The first kappa shape index (κ1) is 22.0. The van der Waals surface area contributed by atoms with Gasteiger partial charge in [-0.15, -0.1) is 0 Å². The van der Waals surface area contributed by atoms with Crippen molar-refractivity contribution in [2.24, 2.45) is 14.1 Å². The van der Waals surface area contributed by atoms with Crippen molar-refractivity contribution in [1.82, 2.24) is 0 Å². The standard InChI is InChI=1S/C23H24N2.2HI/c1-24-16-14-18-8-3-5-10-20(18)22(24)12-7-13-23-21-11-6-4-9-19(21)15-17-25(23)2;;/h3-6,8-11,14-17H,7,12-13H2,1-2H3;2*1H/q+2;;/p-2. The van der Waals surface area contributed by atoms with Gasteiger partial charge in [0.1, 0.15) is 14.1 Å². The van der Waals surface area contributed by atoms with E-state index in [0.717, 1.165) is 19.3 Å². The van der Waals surface area contributed by atoms with Crippen LogP contribution < -0.4 is 57.1 Å². The number of nitrogens with zero attached hydrogens (tertiary/aromatic N) is 2. The molecule has 4 aromatic rings. The van der Waals surface area contributed by atoms with Gasteiger partial charge >= 0.3 is 0 Å². The Kier molecular flexibility index (Phi) is 7.97. The van der Waals surface area contributed by atoms with Crippen LogP contribution in [0.4, 0.5) is 0 Å². The average Bonchev–Trinajstić information content (AvgIpc) is 2.65. The fourth-order valence-corrected chi connectivity index (χ4v) is 3.80. The second-order valence-corrected chi connectivity index (χ2v) is 6.77. The molecule has 140 valence electrons. The molecule has 0 bridgehead atoms. The third-order valence-corrected chi connectivity index (χ3v) is 5.18. The van der Waals surface area contributed by atoms with Crippen molar-refractivity contribution >= 4 is 21.5 Å². The number of aryl methyl sites for hydroxylation is 4. The van der Waals surface area contributed by atoms with Crippen LogP contribution >= 0.6 is 0 Å². The van der Waals surface area contributed by atoms with Gasteiger partial charge in [-0.05, 0) is 29.3 Å². The number of aromatic nitrogens is 2. The van der Waals surface area contributed by atoms with Crippen molar-refractivity contribution in [3.63, 3.8) is 0 Å². The van der Waals surface area contributed by atoms with Crippen LogP contribution in [-0.4, -0.2) is 0 Å². The lowest BCUT2D eigenvalue weighted by atomic mass is 10.0. The predicted octanol–water partition coefficient (Wildman–Crippen LogP) is -2.17. The predicted molar refractivity (Wildman–Crippen MR) is 102 cm³/mol. The van der Waals surface area contributed by atoms with E-state index in [2.05, 4.69) is 96.3 Å². The minimum atomic E-state index is 0. The number of hydrogen-bond acceptors (Lipinski definition) is 0. The number of hydrogen-bond donors (Lipinski definition) is 0. The topological polar surface area (TPSA) is 7.76 Å². The van der Waals surface area contributed by atoms with Crippen LogP contribution in [0.25, 0.3) is 21.5 Å². The summed E-state index contributed by atoms with van der Waals surface area (Å²) in [7, 11) is 4.30. The molecule has 27 heavy (non-hydrogen) atoms. The molecule has 4 rings (SSSR count). The van der Waals surface area contributed by atoms with Gasteiger partial charge in [0.15, 0.2) is 23.8 Å². The second kappa shape index (κ2) is 9.78. The maximum Gasteiger partial charge on any atom is 0.188 e. The van der Waals surface area contributed by atoms with Crippen LogP contribution in [0.5, 0.6) is 0 Å². The number of pyridine rings is 2. The van der Waals surface area contributed by atoms with Gasteiger partial charge in [0.2, 0.25) is 0 Å². The van der Waals surface area contributed by atoms with E-state index in [0.29, 0.717) is 0 Å². The van der Waals surface area contributed by atoms with Crippen molar-refractivity contribution in [1.29, 1.82) is 0 Å². The molecular weight excluding hydrogens is 558 g/mol. The summed E-state index contributed by atoms with van der Waals surface area (Å²) >= 11 is 0. The molecule has 0 amide bonds. The monoisotopic (exact) mass is 582 g/mol. The molecule has 0 fully saturated rings. The van der Waals surface area contributed by atoms with Crippen LogP contribution in [0.3, 0.4) is 0 Å². The highest BCUT2D eigenvalue weighted by atomic mass is 127. The van der Waals surface area contributed by atoms with E-state index in [1.807, 2.05) is 0 Å². The molecule has 2 aromatic heterocycles. The molecule has 0 saturated heterocycles. The lowest BCUT2D eigenvalue weighted by Crippen LogP contribution is -3.00. The summed E-state index contributed by atoms with van der Waals surface area (Å²) in [5.41, 5.74) is 2.84. The van der Waals surface area contributed by atoms with Gasteiger partial charge in [0.05, 0.1) is 0 Å². The van der Waals surface area contributed by atoms with Crippen molar-refractivity contribution in [2.45, 2.75) is 19.3 Å². The average molecular weight is 582 g/mol. The Labute approximate surface area is 195 Å². The van der Waals surface area contributed by atoms with Gasteiger partial charge in [-0.3, -0.25) is 0 Å². The molecule has 2 nitrogen and oxygen atoms in total. The van der Waals surface area contributed by atoms with Gasteiger partial charge < -0.3 is 48.0 Å². The Morgan fingerprint density at radius 1 is 0.593 bits per heavy atom. The number of rotatable bonds is 4. The third kappa shape index (κ3) is 4.59. The van der Waals surface area contributed by atoms with Crippen molar-refractivity contribution < 1.29 is 57.1 Å². The maximum atomic E-state index is 2.27. The van der Waals surface area contributed by atoms with Crippen LogP contribution in [0.15, 0.2) is 73.1 Å². The summed E-state index contributed by atoms with van der Waals surface area (Å²) in [6.45, 7) is 0. The minimum Gasteiger partial charge on any atom is -1.00 e. The SMILES string of the molecule is C[n+]1ccc2ccccc2c1CCCc1c2ccccc2cc[n+]1C.[I-].[I-]. The highest BCUT2D eigenvalue weighted by molar-refractivity contribution is 5.84. The third-order valence-electron chi connectivity index (χ3n) is 5.18. The minimum absolute atomic E-state index is 0. The molecule has 2 heterocycles. The first-order valence-electron chi connectivity index (χ1n) is 8.96. The van der Waals surface area contributed by atoms with Crippen LogP contribution in [0.2, 0.25) is 0 Å². The molecule has 0 N–H and O–H groups in total. The molecule has 0 aliphatic carbocycles. The Bertz CT molecular complexity index is 975. The quantitative estimate of drug-likeness (QED) is 0.191. The normalized spacial score (nSPS) is 10.4. The van der Waals surface area contributed by atoms with Gasteiger partial charge in [0.25, 0.3) is 0 Å². The van der Waals surface area contributed by atoms with E-state index >= 15 is 0 Å². The number of fused-ring (bicyclic) bond motifs is 2. The molecular formula is C23H24I2N2. The molecule has 0 unspecified atom stereocenters. The molecule has 2 aromatic carbocycles. The van der Waals surface area contributed by atoms with Crippen molar-refractivity contribution in [3.05, 3.63) is 84.4 Å². The van der Waals surface area contributed by atoms with E-state index in [1.165, 1.54) is 32.9 Å². The van der Waals surface area contributed by atoms with Gasteiger partial charge in [0, 0.05) is 35.7 Å². The highest BCUT2D eigenvalue weighted by Crippen LogP contribution is 2.19. The summed E-state index contributed by atoms with van der Waals surface area (Å²) in [5.74, 6) is 0. The molecule has 0 saturated carbocycles. The summed E-state index contributed by atoms with van der Waals surface area (Å²) in [5, 5.41) is 5.39. The van der Waals surface area contributed by atoms with Crippen molar-refractivity contribution in [3.8, 4) is 0 Å². The fourth-order valence-electron chi connectivity index (χ4n) is 3.80. The Balaban J connectivity index is 0.00000131. The number of benzene rings is 2. The van der Waals surface area contributed by atoms with Gasteiger partial charge in [-0.25, -0.2) is 9.13 Å². The van der Waals surface area contributed by atoms with Crippen molar-refractivity contribution in [2.75, 3.05) is 0 Å². The Morgan fingerprint density at radius 3 is 1.44 bits per heavy atom. The fraction of sp³-hybridized carbons (Fsp3) is 0.217. The van der Waals surface area contributed by atoms with Gasteiger partial charge in [-0.1, -0.05) is 36.4 Å². The lowest BCUT2D eigenvalue weighted by molar-refractivity contribution is -0.679. The zero-order chi connectivity index (χ0) is 17.2. The summed E-state index contributed by atoms with van der Waals surface area (Å²) < 4.78 is 4.54. The largest absolute Gasteiger partial charge is 1.00 e. The second-order valence-electron chi connectivity index (χ2n) is 6.77. The molecule has 4 heteroatoms. The van der Waals surface area contributed by atoms with Crippen LogP contribution in [-0.2, 0) is 26.9 Å². The molecule has 0 radical (unpaired) electrons. The highest BCUT2D eigenvalue weighted by Gasteiger charge is 2.15. The van der Waals surface area contributed by atoms with Crippen LogP contribution in [0, 0.1) is 0 Å². The van der Waals surface area contributed by atoms with E-state index in [9.17, 15) is 0 Å². The Morgan fingerprint density at radius 2 is 1.00 bits per heavy atom. The molecule has 0 aliphatic heterocycles. The van der Waals surface area contributed by atoms with Gasteiger partial charge in [-0.2, -0.15) is 0 Å². The summed E-state index contributed by atoms with van der Waals surface area (Å²) in [6, 6.07) is 21.8. The lowest BCUT2D eigenvalue weighted by Gasteiger charge is -2.06. The zero-order valence-corrected chi connectivity index (χ0v) is 20.0. The van der Waals surface area contributed by atoms with E-state index in [1.54, 1.807) is 0 Å². The van der Waals surface area contributed by atoms with E-state index < -0.39 is 0 Å². The first-order chi connectivity index (χ1) is 12.2. The number of halogens is 2. The maximum absolute atomic E-state index is 2.27. The molecule has 0 atom stereocenters. The molecule has 0 aliphatic rings. The smallest absolute Gasteiger partial charge is 0.188 e. The summed E-state index contributed by atoms with van der Waals surface area (Å²) in [4.78, 5) is 0. The summed E-state index contributed by atoms with van der Waals surface area (Å²) in [6.07, 6.45) is 7.66.